The summed E-state index contributed by atoms with van der Waals surface area (Å²) in [5.74, 6) is 1.83. The van der Waals surface area contributed by atoms with Gasteiger partial charge in [-0.1, -0.05) is 26.7 Å². The molecule has 1 N–H and O–H groups in total. The van der Waals surface area contributed by atoms with Crippen molar-refractivity contribution in [2.45, 2.75) is 40.5 Å². The predicted molar refractivity (Wildman–Crippen MR) is 81.0 cm³/mol. The number of nitrogens with zero attached hydrogens (tertiary/aromatic N) is 4. The fraction of sp³-hybridized carbons (Fsp3) is 0.769. The lowest BCUT2D eigenvalue weighted by Gasteiger charge is -2.19. The van der Waals surface area contributed by atoms with E-state index >= 15 is 0 Å². The second-order valence-electron chi connectivity index (χ2n) is 4.46. The second kappa shape index (κ2) is 8.15. The van der Waals surface area contributed by atoms with Crippen LogP contribution in [0, 0.1) is 5.92 Å². The average molecular weight is 286 g/mol. The highest BCUT2D eigenvalue weighted by Gasteiger charge is 2.11. The van der Waals surface area contributed by atoms with E-state index in [0.717, 1.165) is 32.5 Å². The van der Waals surface area contributed by atoms with Crippen molar-refractivity contribution in [1.82, 2.24) is 15.0 Å². The maximum atomic E-state index is 5.96. The predicted octanol–water partition coefficient (Wildman–Crippen LogP) is 3.22. The van der Waals surface area contributed by atoms with Crippen molar-refractivity contribution >= 4 is 23.5 Å². The molecule has 6 heteroatoms. The molecule has 0 saturated heterocycles. The summed E-state index contributed by atoms with van der Waals surface area (Å²) in [4.78, 5) is 14.8. The van der Waals surface area contributed by atoms with Gasteiger partial charge in [0.05, 0.1) is 0 Å². The van der Waals surface area contributed by atoms with Gasteiger partial charge in [0.25, 0.3) is 0 Å². The number of anilines is 2. The van der Waals surface area contributed by atoms with Gasteiger partial charge in [-0.25, -0.2) is 0 Å². The van der Waals surface area contributed by atoms with Gasteiger partial charge in [-0.3, -0.25) is 0 Å². The molecular formula is C13H24ClN5. The van der Waals surface area contributed by atoms with Crippen LogP contribution in [0.1, 0.15) is 40.5 Å². The molecule has 0 saturated carbocycles. The molecule has 0 aliphatic rings. The van der Waals surface area contributed by atoms with Gasteiger partial charge in [0.15, 0.2) is 0 Å². The highest BCUT2D eigenvalue weighted by molar-refractivity contribution is 6.28. The molecule has 108 valence electrons. The Hall–Kier alpha value is -1.10. The third-order valence-corrected chi connectivity index (χ3v) is 3.52. The lowest BCUT2D eigenvalue weighted by atomic mass is 10.0. The van der Waals surface area contributed by atoms with Crippen molar-refractivity contribution in [3.05, 3.63) is 5.28 Å². The first-order valence-electron chi connectivity index (χ1n) is 7.04. The summed E-state index contributed by atoms with van der Waals surface area (Å²) >= 11 is 5.96. The molecule has 0 bridgehead atoms. The van der Waals surface area contributed by atoms with Crippen LogP contribution in [-0.2, 0) is 0 Å². The molecule has 1 aromatic heterocycles. The van der Waals surface area contributed by atoms with E-state index in [1.165, 1.54) is 0 Å². The van der Waals surface area contributed by atoms with Crippen LogP contribution in [0.4, 0.5) is 11.9 Å². The van der Waals surface area contributed by atoms with E-state index in [0.29, 0.717) is 17.8 Å². The van der Waals surface area contributed by atoms with Crippen molar-refractivity contribution in [2.75, 3.05) is 29.9 Å². The lowest BCUT2D eigenvalue weighted by molar-refractivity contribution is 0.517. The van der Waals surface area contributed by atoms with E-state index < -0.39 is 0 Å². The van der Waals surface area contributed by atoms with E-state index in [-0.39, 0.29) is 5.28 Å². The molecule has 0 spiro atoms. The first kappa shape index (κ1) is 16.0. The van der Waals surface area contributed by atoms with Crippen molar-refractivity contribution in [2.24, 2.45) is 5.92 Å². The minimum absolute atomic E-state index is 0.240. The fourth-order valence-electron chi connectivity index (χ4n) is 1.88. The number of rotatable bonds is 8. The zero-order chi connectivity index (χ0) is 14.3. The zero-order valence-electron chi connectivity index (χ0n) is 12.3. The van der Waals surface area contributed by atoms with Crippen LogP contribution in [0.2, 0.25) is 5.28 Å². The monoisotopic (exact) mass is 285 g/mol. The Bertz CT molecular complexity index is 377. The van der Waals surface area contributed by atoms with Crippen molar-refractivity contribution in [3.63, 3.8) is 0 Å². The molecule has 1 aromatic rings. The van der Waals surface area contributed by atoms with E-state index in [1.807, 2.05) is 0 Å². The summed E-state index contributed by atoms with van der Waals surface area (Å²) in [5.41, 5.74) is 0. The molecule has 0 aromatic carbocycles. The van der Waals surface area contributed by atoms with Crippen LogP contribution in [0.5, 0.6) is 0 Å². The van der Waals surface area contributed by atoms with Crippen molar-refractivity contribution in [3.8, 4) is 0 Å². The van der Waals surface area contributed by atoms with E-state index in [9.17, 15) is 0 Å². The Morgan fingerprint density at radius 2 is 1.68 bits per heavy atom. The highest BCUT2D eigenvalue weighted by atomic mass is 35.5. The third-order valence-electron chi connectivity index (χ3n) is 3.35. The SMILES string of the molecule is CCC(CC)CNc1nc(Cl)nc(N(CC)CC)n1. The summed E-state index contributed by atoms with van der Waals surface area (Å²) in [6, 6.07) is 0. The lowest BCUT2D eigenvalue weighted by Crippen LogP contribution is -2.25. The summed E-state index contributed by atoms with van der Waals surface area (Å²) < 4.78 is 0. The average Bonchev–Trinajstić information content (AvgIpc) is 2.41. The molecule has 0 aliphatic heterocycles. The number of nitrogens with one attached hydrogen (secondary N) is 1. The van der Waals surface area contributed by atoms with E-state index in [1.54, 1.807) is 0 Å². The molecule has 0 radical (unpaired) electrons. The minimum Gasteiger partial charge on any atom is -0.354 e. The number of halogens is 1. The van der Waals surface area contributed by atoms with Crippen molar-refractivity contribution < 1.29 is 0 Å². The van der Waals surface area contributed by atoms with Crippen LogP contribution in [0.15, 0.2) is 0 Å². The van der Waals surface area contributed by atoms with Gasteiger partial charge in [0.2, 0.25) is 17.2 Å². The largest absolute Gasteiger partial charge is 0.354 e. The summed E-state index contributed by atoms with van der Waals surface area (Å²) in [7, 11) is 0. The number of hydrogen-bond acceptors (Lipinski definition) is 5. The maximum Gasteiger partial charge on any atom is 0.231 e. The summed E-state index contributed by atoms with van der Waals surface area (Å²) in [6.07, 6.45) is 2.29. The zero-order valence-corrected chi connectivity index (χ0v) is 13.0. The van der Waals surface area contributed by atoms with E-state index in [2.05, 4.69) is 52.9 Å². The Kier molecular flexibility index (Phi) is 6.84. The van der Waals surface area contributed by atoms with Crippen LogP contribution >= 0.6 is 11.6 Å². The normalized spacial score (nSPS) is 10.8. The molecule has 1 heterocycles. The van der Waals surface area contributed by atoms with Gasteiger partial charge in [0, 0.05) is 19.6 Å². The molecular weight excluding hydrogens is 262 g/mol. The number of hydrogen-bond donors (Lipinski definition) is 1. The van der Waals surface area contributed by atoms with Crippen LogP contribution in [0.25, 0.3) is 0 Å². The van der Waals surface area contributed by atoms with Gasteiger partial charge in [0.1, 0.15) is 0 Å². The Balaban J connectivity index is 2.78. The van der Waals surface area contributed by atoms with Gasteiger partial charge < -0.3 is 10.2 Å². The third kappa shape index (κ3) is 4.82. The maximum absolute atomic E-state index is 5.96. The Morgan fingerprint density at radius 1 is 1.05 bits per heavy atom. The van der Waals surface area contributed by atoms with Gasteiger partial charge in [-0.2, -0.15) is 15.0 Å². The first-order chi connectivity index (χ1) is 9.14. The van der Waals surface area contributed by atoms with Crippen LogP contribution < -0.4 is 10.2 Å². The highest BCUT2D eigenvalue weighted by Crippen LogP contribution is 2.15. The Labute approximate surface area is 120 Å². The van der Waals surface area contributed by atoms with Gasteiger partial charge in [-0.05, 0) is 31.4 Å². The molecule has 1 rings (SSSR count). The summed E-state index contributed by atoms with van der Waals surface area (Å²) in [6.45, 7) is 11.1. The number of aromatic nitrogens is 3. The van der Waals surface area contributed by atoms with E-state index in [4.69, 9.17) is 11.6 Å². The minimum atomic E-state index is 0.240. The second-order valence-corrected chi connectivity index (χ2v) is 4.80. The standard InChI is InChI=1S/C13H24ClN5/c1-5-10(6-2)9-15-12-16-11(14)17-13(18-12)19(7-3)8-4/h10H,5-9H2,1-4H3,(H,15,16,17,18). The molecule has 0 atom stereocenters. The first-order valence-corrected chi connectivity index (χ1v) is 7.42. The van der Waals surface area contributed by atoms with Gasteiger partial charge >= 0.3 is 0 Å². The molecule has 0 fully saturated rings. The molecule has 5 nitrogen and oxygen atoms in total. The van der Waals surface area contributed by atoms with Crippen LogP contribution in [-0.4, -0.2) is 34.6 Å². The fourth-order valence-corrected chi connectivity index (χ4v) is 2.04. The summed E-state index contributed by atoms with van der Waals surface area (Å²) in [5, 5.41) is 3.50. The Morgan fingerprint density at radius 3 is 2.21 bits per heavy atom. The molecule has 0 aliphatic carbocycles. The van der Waals surface area contributed by atoms with Crippen molar-refractivity contribution in [1.29, 1.82) is 0 Å². The molecule has 0 amide bonds. The molecule has 19 heavy (non-hydrogen) atoms. The topological polar surface area (TPSA) is 53.9 Å². The van der Waals surface area contributed by atoms with Crippen LogP contribution in [0.3, 0.4) is 0 Å². The quantitative estimate of drug-likeness (QED) is 0.795. The smallest absolute Gasteiger partial charge is 0.231 e. The molecule has 0 unspecified atom stereocenters. The van der Waals surface area contributed by atoms with Gasteiger partial charge in [-0.15, -0.1) is 0 Å².